The van der Waals surface area contributed by atoms with Crippen molar-refractivity contribution < 1.29 is 4.42 Å². The molecule has 0 unspecified atom stereocenters. The molecule has 3 heterocycles. The van der Waals surface area contributed by atoms with Crippen molar-refractivity contribution in [3.8, 4) is 51.0 Å². The van der Waals surface area contributed by atoms with E-state index >= 15 is 0 Å². The zero-order chi connectivity index (χ0) is 40.7. The number of hydrogen-bond acceptors (Lipinski definition) is 4. The van der Waals surface area contributed by atoms with Crippen LogP contribution in [-0.4, -0.2) is 19.5 Å². The molecule has 13 rings (SSSR count). The predicted octanol–water partition coefficient (Wildman–Crippen LogP) is 15.0. The highest BCUT2D eigenvalue weighted by Gasteiger charge is 2.23. The van der Waals surface area contributed by atoms with Gasteiger partial charge in [0.05, 0.1) is 16.7 Å². The van der Waals surface area contributed by atoms with E-state index in [9.17, 15) is 0 Å². The molecular weight excluding hydrogens is 757 g/mol. The number of aromatic nitrogens is 4. The Morgan fingerprint density at radius 3 is 1.68 bits per heavy atom. The second-order valence-corrected chi connectivity index (χ2v) is 16.0. The zero-order valence-corrected chi connectivity index (χ0v) is 33.3. The van der Waals surface area contributed by atoms with Gasteiger partial charge in [-0.05, 0) is 80.3 Å². The first kappa shape index (κ1) is 34.5. The number of furan rings is 1. The minimum atomic E-state index is 0.584. The maximum atomic E-state index is 6.90. The van der Waals surface area contributed by atoms with Gasteiger partial charge in [0, 0.05) is 49.9 Å². The number of nitrogens with zero attached hydrogens (tertiary/aromatic N) is 4. The molecule has 0 aliphatic heterocycles. The molecule has 0 aliphatic carbocycles. The van der Waals surface area contributed by atoms with Crippen LogP contribution < -0.4 is 0 Å². The second-order valence-electron chi connectivity index (χ2n) is 16.0. The minimum Gasteiger partial charge on any atom is -0.456 e. The van der Waals surface area contributed by atoms with Crippen molar-refractivity contribution in [2.45, 2.75) is 0 Å². The SMILES string of the molecule is c1ccc(-c2nc(-c3ccc4ccccc4c3)nc(-c3cccc4oc5cc(-n6c7ccccc7c7cc8ccccc8cc76)c(-c6ccc7ccccc7c6)cc5c34)n2)cc1. The van der Waals surface area contributed by atoms with Gasteiger partial charge in [-0.25, -0.2) is 15.0 Å². The lowest BCUT2D eigenvalue weighted by molar-refractivity contribution is 0.668. The molecule has 62 heavy (non-hydrogen) atoms. The van der Waals surface area contributed by atoms with Gasteiger partial charge in [0.2, 0.25) is 0 Å². The van der Waals surface area contributed by atoms with E-state index in [0.29, 0.717) is 17.5 Å². The van der Waals surface area contributed by atoms with Gasteiger partial charge in [0.15, 0.2) is 17.5 Å². The average molecular weight is 791 g/mol. The van der Waals surface area contributed by atoms with Crippen molar-refractivity contribution in [2.24, 2.45) is 0 Å². The fourth-order valence-corrected chi connectivity index (χ4v) is 9.41. The molecule has 13 aromatic rings. The number of rotatable bonds is 5. The van der Waals surface area contributed by atoms with E-state index in [-0.39, 0.29) is 0 Å². The maximum absolute atomic E-state index is 6.90. The molecule has 0 spiro atoms. The fourth-order valence-electron chi connectivity index (χ4n) is 9.41. The van der Waals surface area contributed by atoms with Crippen molar-refractivity contribution in [1.29, 1.82) is 0 Å². The summed E-state index contributed by atoms with van der Waals surface area (Å²) in [7, 11) is 0. The quantitative estimate of drug-likeness (QED) is 0.174. The Kier molecular flexibility index (Phi) is 7.54. The molecule has 0 atom stereocenters. The first-order chi connectivity index (χ1) is 30.7. The second kappa shape index (κ2) is 13.6. The summed E-state index contributed by atoms with van der Waals surface area (Å²) in [5, 5.41) is 11.5. The average Bonchev–Trinajstić information content (AvgIpc) is 3.87. The Balaban J connectivity index is 1.10. The lowest BCUT2D eigenvalue weighted by Gasteiger charge is -2.15. The van der Waals surface area contributed by atoms with Crippen molar-refractivity contribution >= 4 is 76.1 Å². The molecule has 10 aromatic carbocycles. The largest absolute Gasteiger partial charge is 0.456 e. The third-order valence-corrected chi connectivity index (χ3v) is 12.4. The van der Waals surface area contributed by atoms with Crippen LogP contribution in [0.2, 0.25) is 0 Å². The smallest absolute Gasteiger partial charge is 0.164 e. The van der Waals surface area contributed by atoms with E-state index in [1.807, 2.05) is 42.5 Å². The summed E-state index contributed by atoms with van der Waals surface area (Å²) < 4.78 is 9.32. The number of para-hydroxylation sites is 1. The van der Waals surface area contributed by atoms with E-state index in [0.717, 1.165) is 71.9 Å². The lowest BCUT2D eigenvalue weighted by atomic mass is 9.96. The highest BCUT2D eigenvalue weighted by atomic mass is 16.3. The predicted molar refractivity (Wildman–Crippen MR) is 256 cm³/mol. The summed E-state index contributed by atoms with van der Waals surface area (Å²) >= 11 is 0. The molecule has 0 N–H and O–H groups in total. The summed E-state index contributed by atoms with van der Waals surface area (Å²) in [4.78, 5) is 15.5. The summed E-state index contributed by atoms with van der Waals surface area (Å²) in [6.45, 7) is 0. The van der Waals surface area contributed by atoms with Crippen molar-refractivity contribution in [1.82, 2.24) is 19.5 Å². The van der Waals surface area contributed by atoms with Crippen molar-refractivity contribution in [2.75, 3.05) is 0 Å². The van der Waals surface area contributed by atoms with E-state index in [1.54, 1.807) is 0 Å². The number of hydrogen-bond donors (Lipinski definition) is 0. The Morgan fingerprint density at radius 2 is 0.919 bits per heavy atom. The van der Waals surface area contributed by atoms with Crippen LogP contribution in [0.15, 0.2) is 211 Å². The molecule has 0 saturated carbocycles. The van der Waals surface area contributed by atoms with Crippen LogP contribution in [-0.2, 0) is 0 Å². The molecule has 288 valence electrons. The Labute approximate surface area is 355 Å². The van der Waals surface area contributed by atoms with Gasteiger partial charge >= 0.3 is 0 Å². The van der Waals surface area contributed by atoms with E-state index < -0.39 is 0 Å². The normalized spacial score (nSPS) is 11.9. The van der Waals surface area contributed by atoms with Crippen LogP contribution in [0.5, 0.6) is 0 Å². The number of fused-ring (bicyclic) bond motifs is 9. The molecule has 0 aliphatic rings. The molecule has 0 fully saturated rings. The third-order valence-electron chi connectivity index (χ3n) is 12.4. The highest BCUT2D eigenvalue weighted by molar-refractivity contribution is 6.17. The molecule has 0 radical (unpaired) electrons. The van der Waals surface area contributed by atoms with Crippen LogP contribution >= 0.6 is 0 Å². The van der Waals surface area contributed by atoms with Gasteiger partial charge in [-0.2, -0.15) is 0 Å². The Morgan fingerprint density at radius 1 is 0.323 bits per heavy atom. The summed E-state index contributed by atoms with van der Waals surface area (Å²) in [5.41, 5.74) is 9.80. The van der Waals surface area contributed by atoms with Gasteiger partial charge in [-0.1, -0.05) is 158 Å². The van der Waals surface area contributed by atoms with E-state index in [1.165, 1.54) is 37.7 Å². The van der Waals surface area contributed by atoms with Gasteiger partial charge in [0.1, 0.15) is 11.2 Å². The standard InChI is InChI=1S/C57H34N4O/c1-2-15-37(16-3-1)55-58-56(43-28-26-36-14-5-7-18-39(36)30-43)60-57(59-55)45-22-12-24-52-54(45)48-33-46(42-27-25-35-13-4-6-17-38(35)29-42)51(34-53(48)62-52)61-49-23-11-10-21-44(49)47-31-40-19-8-9-20-41(40)32-50(47)61/h1-34H. The fraction of sp³-hybridized carbons (Fsp3) is 0. The van der Waals surface area contributed by atoms with Gasteiger partial charge in [-0.3, -0.25) is 0 Å². The third kappa shape index (κ3) is 5.45. The summed E-state index contributed by atoms with van der Waals surface area (Å²) in [6.07, 6.45) is 0. The monoisotopic (exact) mass is 790 g/mol. The number of benzene rings is 10. The molecule has 5 nitrogen and oxygen atoms in total. The molecular formula is C57H34N4O. The van der Waals surface area contributed by atoms with Crippen LogP contribution in [0, 0.1) is 0 Å². The highest BCUT2D eigenvalue weighted by Crippen LogP contribution is 2.44. The van der Waals surface area contributed by atoms with E-state index in [2.05, 4.69) is 168 Å². The van der Waals surface area contributed by atoms with Gasteiger partial charge in [0.25, 0.3) is 0 Å². The van der Waals surface area contributed by atoms with Crippen LogP contribution in [0.4, 0.5) is 0 Å². The maximum Gasteiger partial charge on any atom is 0.164 e. The topological polar surface area (TPSA) is 56.7 Å². The van der Waals surface area contributed by atoms with E-state index in [4.69, 9.17) is 19.4 Å². The molecule has 5 heteroatoms. The lowest BCUT2D eigenvalue weighted by Crippen LogP contribution is -2.00. The summed E-state index contributed by atoms with van der Waals surface area (Å²) in [5.74, 6) is 1.81. The zero-order valence-electron chi connectivity index (χ0n) is 33.3. The summed E-state index contributed by atoms with van der Waals surface area (Å²) in [6, 6.07) is 72.9. The van der Waals surface area contributed by atoms with Gasteiger partial charge in [-0.15, -0.1) is 0 Å². The Hall–Kier alpha value is -8.41. The van der Waals surface area contributed by atoms with Crippen LogP contribution in [0.25, 0.3) is 127 Å². The molecule has 3 aromatic heterocycles. The first-order valence-electron chi connectivity index (χ1n) is 20.9. The van der Waals surface area contributed by atoms with Gasteiger partial charge < -0.3 is 8.98 Å². The van der Waals surface area contributed by atoms with Crippen molar-refractivity contribution in [3.05, 3.63) is 206 Å². The first-order valence-corrected chi connectivity index (χ1v) is 20.9. The van der Waals surface area contributed by atoms with Crippen LogP contribution in [0.1, 0.15) is 0 Å². The Bertz CT molecular complexity index is 3940. The molecule has 0 saturated heterocycles. The van der Waals surface area contributed by atoms with Crippen molar-refractivity contribution in [3.63, 3.8) is 0 Å². The van der Waals surface area contributed by atoms with Crippen LogP contribution in [0.3, 0.4) is 0 Å². The minimum absolute atomic E-state index is 0.584. The molecule has 0 amide bonds. The molecule has 0 bridgehead atoms.